The van der Waals surface area contributed by atoms with Gasteiger partial charge in [-0.15, -0.1) is 0 Å². The summed E-state index contributed by atoms with van der Waals surface area (Å²) >= 11 is 0. The number of hydrogen-bond donors (Lipinski definition) is 1. The van der Waals surface area contributed by atoms with Gasteiger partial charge in [0, 0.05) is 11.3 Å². The molecule has 1 aliphatic heterocycles. The summed E-state index contributed by atoms with van der Waals surface area (Å²) in [5.74, 6) is 0.636. The molecule has 0 atom stereocenters. The summed E-state index contributed by atoms with van der Waals surface area (Å²) in [4.78, 5) is 4.24. The Morgan fingerprint density at radius 2 is 1.92 bits per heavy atom. The minimum absolute atomic E-state index is 0.636. The van der Waals surface area contributed by atoms with Crippen molar-refractivity contribution in [2.24, 2.45) is 0 Å². The SMILES string of the molecule is Cc1nc(N)c(C)c2c1COC2. The Bertz CT molecular complexity index is 334. The summed E-state index contributed by atoms with van der Waals surface area (Å²) in [6.07, 6.45) is 0. The Morgan fingerprint density at radius 3 is 2.67 bits per heavy atom. The maximum atomic E-state index is 5.73. The fraction of sp³-hybridized carbons (Fsp3) is 0.444. The minimum Gasteiger partial charge on any atom is -0.383 e. The number of anilines is 1. The van der Waals surface area contributed by atoms with Gasteiger partial charge in [-0.2, -0.15) is 0 Å². The van der Waals surface area contributed by atoms with Gasteiger partial charge in [0.25, 0.3) is 0 Å². The number of nitrogens with zero attached hydrogens (tertiary/aromatic N) is 1. The van der Waals surface area contributed by atoms with Gasteiger partial charge in [0.1, 0.15) is 5.82 Å². The van der Waals surface area contributed by atoms with Crippen LogP contribution in [0.3, 0.4) is 0 Å². The first-order valence-electron chi connectivity index (χ1n) is 4.02. The number of pyridine rings is 1. The molecule has 0 fully saturated rings. The second kappa shape index (κ2) is 2.45. The van der Waals surface area contributed by atoms with Crippen molar-refractivity contribution in [3.8, 4) is 0 Å². The van der Waals surface area contributed by atoms with E-state index in [1.165, 1.54) is 11.1 Å². The molecule has 0 saturated carbocycles. The number of nitrogen functional groups attached to an aromatic ring is 1. The zero-order valence-corrected chi connectivity index (χ0v) is 7.35. The van der Waals surface area contributed by atoms with Gasteiger partial charge in [0.2, 0.25) is 0 Å². The zero-order chi connectivity index (χ0) is 8.72. The van der Waals surface area contributed by atoms with Crippen molar-refractivity contribution >= 4 is 5.82 Å². The summed E-state index contributed by atoms with van der Waals surface area (Å²) in [5, 5.41) is 0. The van der Waals surface area contributed by atoms with Crippen LogP contribution in [0.5, 0.6) is 0 Å². The van der Waals surface area contributed by atoms with E-state index in [-0.39, 0.29) is 0 Å². The molecule has 0 aliphatic carbocycles. The highest BCUT2D eigenvalue weighted by Crippen LogP contribution is 2.27. The fourth-order valence-corrected chi connectivity index (χ4v) is 1.57. The molecule has 0 bridgehead atoms. The van der Waals surface area contributed by atoms with E-state index in [1.807, 2.05) is 13.8 Å². The maximum Gasteiger partial charge on any atom is 0.126 e. The Labute approximate surface area is 71.6 Å². The summed E-state index contributed by atoms with van der Waals surface area (Å²) in [6.45, 7) is 5.35. The van der Waals surface area contributed by atoms with Gasteiger partial charge in [-0.1, -0.05) is 0 Å². The van der Waals surface area contributed by atoms with E-state index in [2.05, 4.69) is 4.98 Å². The number of ether oxygens (including phenoxy) is 1. The maximum absolute atomic E-state index is 5.73. The highest BCUT2D eigenvalue weighted by atomic mass is 16.5. The van der Waals surface area contributed by atoms with Crippen molar-refractivity contribution in [3.63, 3.8) is 0 Å². The number of hydrogen-bond acceptors (Lipinski definition) is 3. The van der Waals surface area contributed by atoms with Crippen molar-refractivity contribution in [1.82, 2.24) is 4.98 Å². The molecule has 0 spiro atoms. The molecule has 1 aromatic heterocycles. The van der Waals surface area contributed by atoms with Gasteiger partial charge in [0.15, 0.2) is 0 Å². The Morgan fingerprint density at radius 1 is 1.25 bits per heavy atom. The molecule has 12 heavy (non-hydrogen) atoms. The Kier molecular flexibility index (Phi) is 1.54. The third-order valence-corrected chi connectivity index (χ3v) is 2.42. The van der Waals surface area contributed by atoms with Gasteiger partial charge in [-0.25, -0.2) is 4.98 Å². The van der Waals surface area contributed by atoms with Crippen LogP contribution in [0.2, 0.25) is 0 Å². The number of aryl methyl sites for hydroxylation is 1. The summed E-state index contributed by atoms with van der Waals surface area (Å²) in [6, 6.07) is 0. The third-order valence-electron chi connectivity index (χ3n) is 2.42. The smallest absolute Gasteiger partial charge is 0.126 e. The topological polar surface area (TPSA) is 48.1 Å². The van der Waals surface area contributed by atoms with E-state index in [9.17, 15) is 0 Å². The second-order valence-corrected chi connectivity index (χ2v) is 3.16. The van der Waals surface area contributed by atoms with Crippen molar-refractivity contribution in [1.29, 1.82) is 0 Å². The summed E-state index contributed by atoms with van der Waals surface area (Å²) in [7, 11) is 0. The van der Waals surface area contributed by atoms with Gasteiger partial charge >= 0.3 is 0 Å². The molecule has 2 heterocycles. The molecule has 0 amide bonds. The Balaban J connectivity index is 2.69. The lowest BCUT2D eigenvalue weighted by molar-refractivity contribution is 0.134. The lowest BCUT2D eigenvalue weighted by Gasteiger charge is -2.07. The third kappa shape index (κ3) is 0.898. The van der Waals surface area contributed by atoms with Crippen LogP contribution in [0.15, 0.2) is 0 Å². The van der Waals surface area contributed by atoms with Crippen molar-refractivity contribution in [2.75, 3.05) is 5.73 Å². The van der Waals surface area contributed by atoms with Crippen LogP contribution in [-0.2, 0) is 18.0 Å². The van der Waals surface area contributed by atoms with Gasteiger partial charge < -0.3 is 10.5 Å². The van der Waals surface area contributed by atoms with Crippen LogP contribution in [0.25, 0.3) is 0 Å². The molecule has 0 aromatic carbocycles. The highest BCUT2D eigenvalue weighted by molar-refractivity contribution is 5.50. The first-order chi connectivity index (χ1) is 5.70. The normalized spacial score (nSPS) is 14.8. The van der Waals surface area contributed by atoms with Crippen LogP contribution in [0.1, 0.15) is 22.4 Å². The standard InChI is InChI=1S/C9H12N2O/c1-5-7-3-12-4-8(7)6(2)11-9(5)10/h3-4H2,1-2H3,(H2,10,11). The quantitative estimate of drug-likeness (QED) is 0.629. The molecule has 1 aliphatic rings. The van der Waals surface area contributed by atoms with Crippen LogP contribution < -0.4 is 5.73 Å². The first kappa shape index (κ1) is 7.55. The number of nitrogens with two attached hydrogens (primary N) is 1. The number of fused-ring (bicyclic) bond motifs is 1. The van der Waals surface area contributed by atoms with E-state index in [4.69, 9.17) is 10.5 Å². The number of rotatable bonds is 0. The largest absolute Gasteiger partial charge is 0.383 e. The molecule has 64 valence electrons. The van der Waals surface area contributed by atoms with E-state index in [0.717, 1.165) is 11.3 Å². The average Bonchev–Trinajstić information content (AvgIpc) is 2.48. The van der Waals surface area contributed by atoms with Gasteiger partial charge in [0.05, 0.1) is 13.2 Å². The minimum atomic E-state index is 0.636. The van der Waals surface area contributed by atoms with E-state index >= 15 is 0 Å². The van der Waals surface area contributed by atoms with E-state index < -0.39 is 0 Å². The van der Waals surface area contributed by atoms with Crippen LogP contribution in [-0.4, -0.2) is 4.98 Å². The molecule has 2 N–H and O–H groups in total. The molecule has 3 nitrogen and oxygen atoms in total. The molecule has 0 radical (unpaired) electrons. The van der Waals surface area contributed by atoms with Crippen molar-refractivity contribution < 1.29 is 4.74 Å². The van der Waals surface area contributed by atoms with Crippen LogP contribution >= 0.6 is 0 Å². The molecule has 0 unspecified atom stereocenters. The predicted molar refractivity (Wildman–Crippen MR) is 46.6 cm³/mol. The van der Waals surface area contributed by atoms with E-state index in [0.29, 0.717) is 19.0 Å². The molecular weight excluding hydrogens is 152 g/mol. The summed E-state index contributed by atoms with van der Waals surface area (Å²) in [5.41, 5.74) is 10.3. The fourth-order valence-electron chi connectivity index (χ4n) is 1.57. The zero-order valence-electron chi connectivity index (χ0n) is 7.35. The highest BCUT2D eigenvalue weighted by Gasteiger charge is 2.18. The number of aromatic nitrogens is 1. The summed E-state index contributed by atoms with van der Waals surface area (Å²) < 4.78 is 5.34. The van der Waals surface area contributed by atoms with E-state index in [1.54, 1.807) is 0 Å². The predicted octanol–water partition coefficient (Wildman–Crippen LogP) is 1.31. The molecule has 1 aromatic rings. The van der Waals surface area contributed by atoms with Crippen LogP contribution in [0, 0.1) is 13.8 Å². The molecule has 2 rings (SSSR count). The van der Waals surface area contributed by atoms with Gasteiger partial charge in [-0.05, 0) is 25.0 Å². The van der Waals surface area contributed by atoms with Crippen LogP contribution in [0.4, 0.5) is 5.82 Å². The lowest BCUT2D eigenvalue weighted by atomic mass is 10.0. The molecule has 0 saturated heterocycles. The Hall–Kier alpha value is -1.09. The monoisotopic (exact) mass is 164 g/mol. The molecular formula is C9H12N2O. The average molecular weight is 164 g/mol. The first-order valence-corrected chi connectivity index (χ1v) is 4.02. The second-order valence-electron chi connectivity index (χ2n) is 3.16. The van der Waals surface area contributed by atoms with Crippen molar-refractivity contribution in [3.05, 3.63) is 22.4 Å². The molecule has 3 heteroatoms. The lowest BCUT2D eigenvalue weighted by Crippen LogP contribution is -2.02. The van der Waals surface area contributed by atoms with Gasteiger partial charge in [-0.3, -0.25) is 0 Å². The van der Waals surface area contributed by atoms with Crippen molar-refractivity contribution in [2.45, 2.75) is 27.1 Å².